The molecule has 3 rings (SSSR count). The predicted molar refractivity (Wildman–Crippen MR) is 107 cm³/mol. The van der Waals surface area contributed by atoms with E-state index in [0.29, 0.717) is 17.1 Å². The molecule has 0 bridgehead atoms. The number of hydrogen-bond acceptors (Lipinski definition) is 6. The van der Waals surface area contributed by atoms with Crippen LogP contribution >= 0.6 is 0 Å². The Morgan fingerprint density at radius 2 is 1.90 bits per heavy atom. The zero-order valence-electron chi connectivity index (χ0n) is 16.0. The SMILES string of the molecule is COc1ccc(C)cc1NC(=O)c1nn(-c2ccccc2[N+](=O)[O-])c(C)cc1=O. The van der Waals surface area contributed by atoms with Gasteiger partial charge in [0, 0.05) is 17.8 Å². The van der Waals surface area contributed by atoms with Crippen LogP contribution in [0.2, 0.25) is 0 Å². The second kappa shape index (κ2) is 7.93. The number of carbonyl (C=O) groups is 1. The van der Waals surface area contributed by atoms with Crippen LogP contribution in [0.3, 0.4) is 0 Å². The van der Waals surface area contributed by atoms with Crippen molar-refractivity contribution in [2.75, 3.05) is 12.4 Å². The van der Waals surface area contributed by atoms with Crippen molar-refractivity contribution in [3.63, 3.8) is 0 Å². The Morgan fingerprint density at radius 3 is 2.59 bits per heavy atom. The van der Waals surface area contributed by atoms with Gasteiger partial charge in [0.05, 0.1) is 17.7 Å². The number of methoxy groups -OCH3 is 1. The van der Waals surface area contributed by atoms with Gasteiger partial charge in [0.2, 0.25) is 5.43 Å². The predicted octanol–water partition coefficient (Wildman–Crippen LogP) is 3.02. The van der Waals surface area contributed by atoms with Crippen molar-refractivity contribution in [1.29, 1.82) is 0 Å². The summed E-state index contributed by atoms with van der Waals surface area (Å²) in [7, 11) is 1.46. The van der Waals surface area contributed by atoms with Gasteiger partial charge in [-0.15, -0.1) is 0 Å². The number of para-hydroxylation sites is 2. The van der Waals surface area contributed by atoms with E-state index in [0.717, 1.165) is 5.56 Å². The fraction of sp³-hybridized carbons (Fsp3) is 0.150. The Hall–Kier alpha value is -4.01. The van der Waals surface area contributed by atoms with Crippen molar-refractivity contribution in [1.82, 2.24) is 9.78 Å². The molecule has 0 saturated carbocycles. The van der Waals surface area contributed by atoms with Crippen LogP contribution in [-0.2, 0) is 0 Å². The van der Waals surface area contributed by atoms with Gasteiger partial charge in [-0.25, -0.2) is 4.68 Å². The van der Waals surface area contributed by atoms with Crippen LogP contribution in [0.5, 0.6) is 5.75 Å². The number of nitrogens with zero attached hydrogens (tertiary/aromatic N) is 3. The highest BCUT2D eigenvalue weighted by Crippen LogP contribution is 2.26. The van der Waals surface area contributed by atoms with E-state index >= 15 is 0 Å². The monoisotopic (exact) mass is 394 g/mol. The molecule has 29 heavy (non-hydrogen) atoms. The van der Waals surface area contributed by atoms with E-state index in [1.807, 2.05) is 13.0 Å². The van der Waals surface area contributed by atoms with Gasteiger partial charge < -0.3 is 10.1 Å². The van der Waals surface area contributed by atoms with Gasteiger partial charge in [0.1, 0.15) is 11.4 Å². The number of aromatic nitrogens is 2. The van der Waals surface area contributed by atoms with Crippen molar-refractivity contribution < 1.29 is 14.5 Å². The van der Waals surface area contributed by atoms with E-state index in [2.05, 4.69) is 10.4 Å². The molecule has 1 amide bonds. The molecule has 2 aromatic carbocycles. The molecule has 0 aliphatic rings. The molecule has 1 aromatic heterocycles. The first-order chi connectivity index (χ1) is 13.8. The maximum Gasteiger partial charge on any atom is 0.294 e. The highest BCUT2D eigenvalue weighted by atomic mass is 16.6. The van der Waals surface area contributed by atoms with Gasteiger partial charge in [0.15, 0.2) is 5.69 Å². The molecule has 1 N–H and O–H groups in total. The van der Waals surface area contributed by atoms with E-state index in [9.17, 15) is 19.7 Å². The molecule has 0 aliphatic carbocycles. The third-order valence-electron chi connectivity index (χ3n) is 4.23. The molecular weight excluding hydrogens is 376 g/mol. The van der Waals surface area contributed by atoms with Crippen molar-refractivity contribution >= 4 is 17.3 Å². The van der Waals surface area contributed by atoms with E-state index in [4.69, 9.17) is 4.74 Å². The second-order valence-corrected chi connectivity index (χ2v) is 6.31. The Morgan fingerprint density at radius 1 is 1.17 bits per heavy atom. The minimum Gasteiger partial charge on any atom is -0.495 e. The van der Waals surface area contributed by atoms with Gasteiger partial charge in [-0.2, -0.15) is 5.10 Å². The largest absolute Gasteiger partial charge is 0.495 e. The molecule has 0 atom stereocenters. The molecule has 148 valence electrons. The van der Waals surface area contributed by atoms with E-state index in [1.54, 1.807) is 25.1 Å². The summed E-state index contributed by atoms with van der Waals surface area (Å²) in [6.45, 7) is 3.43. The maximum absolute atomic E-state index is 12.8. The Bertz CT molecular complexity index is 1170. The number of rotatable bonds is 5. The highest BCUT2D eigenvalue weighted by Gasteiger charge is 2.21. The molecule has 0 saturated heterocycles. The summed E-state index contributed by atoms with van der Waals surface area (Å²) in [5, 5.41) is 18.1. The fourth-order valence-electron chi connectivity index (χ4n) is 2.85. The topological polar surface area (TPSA) is 116 Å². The Balaban J connectivity index is 2.07. The molecule has 0 spiro atoms. The molecule has 0 fully saturated rings. The quantitative estimate of drug-likeness (QED) is 0.525. The van der Waals surface area contributed by atoms with Crippen LogP contribution < -0.4 is 15.5 Å². The van der Waals surface area contributed by atoms with Crippen molar-refractivity contribution in [3.05, 3.63) is 85.8 Å². The average Bonchev–Trinajstić information content (AvgIpc) is 2.68. The lowest BCUT2D eigenvalue weighted by Crippen LogP contribution is -2.27. The minimum absolute atomic E-state index is 0.150. The molecule has 0 aliphatic heterocycles. The number of nitro groups is 1. The lowest BCUT2D eigenvalue weighted by molar-refractivity contribution is -0.384. The van der Waals surface area contributed by atoms with Crippen LogP contribution in [0.15, 0.2) is 53.3 Å². The number of nitro benzene ring substituents is 1. The zero-order chi connectivity index (χ0) is 21.1. The zero-order valence-corrected chi connectivity index (χ0v) is 16.0. The second-order valence-electron chi connectivity index (χ2n) is 6.31. The van der Waals surface area contributed by atoms with Crippen LogP contribution in [0.1, 0.15) is 21.7 Å². The van der Waals surface area contributed by atoms with Crippen molar-refractivity contribution in [3.8, 4) is 11.4 Å². The van der Waals surface area contributed by atoms with E-state index in [-0.39, 0.29) is 11.4 Å². The average molecular weight is 394 g/mol. The number of aryl methyl sites for hydroxylation is 2. The smallest absolute Gasteiger partial charge is 0.294 e. The highest BCUT2D eigenvalue weighted by molar-refractivity contribution is 6.03. The number of nitrogens with one attached hydrogen (secondary N) is 1. The molecule has 0 radical (unpaired) electrons. The summed E-state index contributed by atoms with van der Waals surface area (Å²) in [5.41, 5.74) is 0.593. The lowest BCUT2D eigenvalue weighted by atomic mass is 10.2. The third kappa shape index (κ3) is 3.98. The number of hydrogen-bond donors (Lipinski definition) is 1. The summed E-state index contributed by atoms with van der Waals surface area (Å²) in [6.07, 6.45) is 0. The molecule has 9 heteroatoms. The number of anilines is 1. The number of ether oxygens (including phenoxy) is 1. The first-order valence-corrected chi connectivity index (χ1v) is 8.62. The van der Waals surface area contributed by atoms with Gasteiger partial charge in [-0.05, 0) is 37.6 Å². The summed E-state index contributed by atoms with van der Waals surface area (Å²) in [5.74, 6) is -0.318. The molecular formula is C20H18N4O5. The first kappa shape index (κ1) is 19.7. The normalized spacial score (nSPS) is 10.4. The third-order valence-corrected chi connectivity index (χ3v) is 4.23. The van der Waals surface area contributed by atoms with Gasteiger partial charge in [-0.1, -0.05) is 18.2 Å². The van der Waals surface area contributed by atoms with Crippen molar-refractivity contribution in [2.45, 2.75) is 13.8 Å². The maximum atomic E-state index is 12.8. The van der Waals surface area contributed by atoms with Gasteiger partial charge >= 0.3 is 0 Å². The van der Waals surface area contributed by atoms with E-state index < -0.39 is 22.0 Å². The lowest BCUT2D eigenvalue weighted by Gasteiger charge is -2.13. The summed E-state index contributed by atoms with van der Waals surface area (Å²) >= 11 is 0. The Kier molecular flexibility index (Phi) is 5.40. The van der Waals surface area contributed by atoms with Crippen molar-refractivity contribution in [2.24, 2.45) is 0 Å². The fourth-order valence-corrected chi connectivity index (χ4v) is 2.85. The standard InChI is InChI=1S/C20H18N4O5/c1-12-8-9-18(29-3)14(10-12)21-20(26)19-17(25)11-13(2)23(22-19)15-6-4-5-7-16(15)24(27)28/h4-11H,1-3H3,(H,21,26). The molecule has 0 unspecified atom stereocenters. The van der Waals surface area contributed by atoms with Gasteiger partial charge in [0.25, 0.3) is 11.6 Å². The summed E-state index contributed by atoms with van der Waals surface area (Å²) in [6, 6.07) is 12.4. The molecule has 9 nitrogen and oxygen atoms in total. The van der Waals surface area contributed by atoms with Crippen LogP contribution in [0.25, 0.3) is 5.69 Å². The summed E-state index contributed by atoms with van der Waals surface area (Å²) in [4.78, 5) is 35.9. The first-order valence-electron chi connectivity index (χ1n) is 8.62. The molecule has 3 aromatic rings. The van der Waals surface area contributed by atoms with Crippen LogP contribution in [0.4, 0.5) is 11.4 Å². The van der Waals surface area contributed by atoms with Gasteiger partial charge in [-0.3, -0.25) is 19.7 Å². The number of benzene rings is 2. The summed E-state index contributed by atoms with van der Waals surface area (Å²) < 4.78 is 6.44. The van der Waals surface area contributed by atoms with Crippen LogP contribution in [0, 0.1) is 24.0 Å². The molecule has 1 heterocycles. The van der Waals surface area contributed by atoms with Crippen LogP contribution in [-0.4, -0.2) is 27.7 Å². The Labute approximate surface area is 165 Å². The number of amides is 1. The number of carbonyl (C=O) groups excluding carboxylic acids is 1. The van der Waals surface area contributed by atoms with E-state index in [1.165, 1.54) is 36.1 Å². The minimum atomic E-state index is -0.744.